The quantitative estimate of drug-likeness (QED) is 0.269. The normalized spacial score (nSPS) is 17.3. The van der Waals surface area contributed by atoms with Gasteiger partial charge < -0.3 is 20.1 Å². The molecule has 1 atom stereocenters. The van der Waals surface area contributed by atoms with Crippen LogP contribution in [-0.2, 0) is 11.2 Å². The molecule has 0 spiro atoms. The zero-order chi connectivity index (χ0) is 26.8. The van der Waals surface area contributed by atoms with E-state index in [9.17, 15) is 9.59 Å². The zero-order valence-corrected chi connectivity index (χ0v) is 22.6. The van der Waals surface area contributed by atoms with Crippen molar-refractivity contribution in [3.05, 3.63) is 84.1 Å². The molecule has 200 valence electrons. The highest BCUT2D eigenvalue weighted by molar-refractivity contribution is 6.08. The molecule has 2 aliphatic heterocycles. The molecule has 2 aliphatic rings. The van der Waals surface area contributed by atoms with Crippen molar-refractivity contribution in [1.82, 2.24) is 9.88 Å². The number of hydrogen-bond acceptors (Lipinski definition) is 3. The molecule has 1 unspecified atom stereocenters. The fourth-order valence-electron chi connectivity index (χ4n) is 5.97. The number of aryl methyl sites for hydroxylation is 1. The number of amides is 2. The second-order valence-corrected chi connectivity index (χ2v) is 10.9. The lowest BCUT2D eigenvalue weighted by molar-refractivity contribution is -0.127. The van der Waals surface area contributed by atoms with E-state index in [1.807, 2.05) is 46.3 Å². The summed E-state index contributed by atoms with van der Waals surface area (Å²) in [6, 6.07) is 23.2. The molecular weight excluding hydrogens is 484 g/mol. The topological polar surface area (TPSA) is 68.4 Å². The van der Waals surface area contributed by atoms with Crippen LogP contribution in [0.1, 0.15) is 54.9 Å². The third-order valence-corrected chi connectivity index (χ3v) is 8.14. The lowest BCUT2D eigenvalue weighted by Crippen LogP contribution is -2.32. The number of para-hydroxylation sites is 2. The van der Waals surface area contributed by atoms with Crippen molar-refractivity contribution in [3.63, 3.8) is 0 Å². The predicted octanol–water partition coefficient (Wildman–Crippen LogP) is 6.63. The van der Waals surface area contributed by atoms with Crippen LogP contribution in [0.4, 0.5) is 11.4 Å². The van der Waals surface area contributed by atoms with Crippen LogP contribution >= 0.6 is 0 Å². The minimum atomic E-state index is 0.0369. The largest absolute Gasteiger partial charge is 0.381 e. The second kappa shape index (κ2) is 11.0. The van der Waals surface area contributed by atoms with Crippen LogP contribution in [0.5, 0.6) is 0 Å². The number of H-pyrrole nitrogens is 1. The minimum Gasteiger partial charge on any atom is -0.381 e. The molecule has 1 aromatic heterocycles. The van der Waals surface area contributed by atoms with Crippen LogP contribution in [0.25, 0.3) is 22.0 Å². The number of likely N-dealkylation sites (tertiary alicyclic amines) is 1. The van der Waals surface area contributed by atoms with Crippen LogP contribution in [0.2, 0.25) is 0 Å². The van der Waals surface area contributed by atoms with Gasteiger partial charge >= 0.3 is 0 Å². The summed E-state index contributed by atoms with van der Waals surface area (Å²) in [5.74, 6) is 0.319. The van der Waals surface area contributed by atoms with Gasteiger partial charge in [0, 0.05) is 49.4 Å². The number of rotatable bonds is 7. The highest BCUT2D eigenvalue weighted by atomic mass is 16.2. The van der Waals surface area contributed by atoms with Crippen molar-refractivity contribution in [2.75, 3.05) is 29.9 Å². The van der Waals surface area contributed by atoms with Crippen LogP contribution in [-0.4, -0.2) is 47.4 Å². The molecule has 2 N–H and O–H groups in total. The molecule has 39 heavy (non-hydrogen) atoms. The van der Waals surface area contributed by atoms with Gasteiger partial charge in [0.05, 0.1) is 11.4 Å². The number of nitrogens with one attached hydrogen (secondary N) is 2. The number of aromatic nitrogens is 1. The van der Waals surface area contributed by atoms with Gasteiger partial charge in [-0.15, -0.1) is 0 Å². The summed E-state index contributed by atoms with van der Waals surface area (Å²) in [6.07, 6.45) is 7.30. The van der Waals surface area contributed by atoms with Gasteiger partial charge in [-0.1, -0.05) is 24.3 Å². The predicted molar refractivity (Wildman–Crippen MR) is 158 cm³/mol. The number of carbonyl (C=O) groups excluding carboxylic acids is 2. The summed E-state index contributed by atoms with van der Waals surface area (Å²) in [5.41, 5.74) is 7.27. The maximum absolute atomic E-state index is 14.0. The summed E-state index contributed by atoms with van der Waals surface area (Å²) < 4.78 is 0. The number of aromatic amines is 1. The van der Waals surface area contributed by atoms with E-state index < -0.39 is 0 Å². The average Bonchev–Trinajstić information content (AvgIpc) is 3.55. The number of fused-ring (bicyclic) bond motifs is 2. The first-order valence-corrected chi connectivity index (χ1v) is 14.2. The monoisotopic (exact) mass is 520 g/mol. The molecule has 2 amide bonds. The van der Waals surface area contributed by atoms with Gasteiger partial charge in [-0.3, -0.25) is 9.59 Å². The van der Waals surface area contributed by atoms with Crippen molar-refractivity contribution >= 4 is 34.1 Å². The third-order valence-electron chi connectivity index (χ3n) is 8.14. The number of benzene rings is 3. The molecular formula is C33H36N4O2. The van der Waals surface area contributed by atoms with E-state index in [-0.39, 0.29) is 11.8 Å². The molecule has 0 aliphatic carbocycles. The SMILES string of the molecule is CC1CCN(C(=O)c2ccc(-c3ccc4[nH]ccc4c3)c(CCCCN3CCCC3=O)c2)c2ccccc2N1. The Morgan fingerprint density at radius 3 is 2.77 bits per heavy atom. The highest BCUT2D eigenvalue weighted by Gasteiger charge is 2.25. The molecule has 1 saturated heterocycles. The van der Waals surface area contributed by atoms with Gasteiger partial charge in [0.2, 0.25) is 5.91 Å². The van der Waals surface area contributed by atoms with E-state index in [0.29, 0.717) is 19.0 Å². The third kappa shape index (κ3) is 5.29. The molecule has 4 aromatic rings. The van der Waals surface area contributed by atoms with Crippen LogP contribution in [0, 0.1) is 0 Å². The van der Waals surface area contributed by atoms with Crippen molar-refractivity contribution in [3.8, 4) is 11.1 Å². The Labute approximate surface area is 230 Å². The van der Waals surface area contributed by atoms with E-state index >= 15 is 0 Å². The van der Waals surface area contributed by atoms with E-state index in [4.69, 9.17) is 0 Å². The molecule has 1 fully saturated rings. The van der Waals surface area contributed by atoms with Crippen molar-refractivity contribution in [2.24, 2.45) is 0 Å². The molecule has 3 aromatic carbocycles. The molecule has 0 bridgehead atoms. The van der Waals surface area contributed by atoms with Crippen molar-refractivity contribution in [2.45, 2.75) is 51.5 Å². The number of carbonyl (C=O) groups is 2. The van der Waals surface area contributed by atoms with Crippen molar-refractivity contribution < 1.29 is 9.59 Å². The van der Waals surface area contributed by atoms with Crippen molar-refractivity contribution in [1.29, 1.82) is 0 Å². The molecule has 0 radical (unpaired) electrons. The van der Waals surface area contributed by atoms with E-state index in [0.717, 1.165) is 73.2 Å². The van der Waals surface area contributed by atoms with E-state index in [1.54, 1.807) is 0 Å². The van der Waals surface area contributed by atoms with Crippen LogP contribution in [0.3, 0.4) is 0 Å². The average molecular weight is 521 g/mol. The van der Waals surface area contributed by atoms with E-state index in [2.05, 4.69) is 53.6 Å². The van der Waals surface area contributed by atoms with Gasteiger partial charge in [0.25, 0.3) is 5.91 Å². The Kier molecular flexibility index (Phi) is 7.10. The Balaban J connectivity index is 1.29. The molecule has 3 heterocycles. The smallest absolute Gasteiger partial charge is 0.258 e. The molecule has 6 rings (SSSR count). The lowest BCUT2D eigenvalue weighted by atomic mass is 9.93. The fourth-order valence-corrected chi connectivity index (χ4v) is 5.97. The highest BCUT2D eigenvalue weighted by Crippen LogP contribution is 2.33. The Morgan fingerprint density at radius 1 is 1.00 bits per heavy atom. The fraction of sp³-hybridized carbons (Fsp3) is 0.333. The molecule has 0 saturated carbocycles. The summed E-state index contributed by atoms with van der Waals surface area (Å²) in [6.45, 7) is 4.54. The summed E-state index contributed by atoms with van der Waals surface area (Å²) in [4.78, 5) is 33.2. The van der Waals surface area contributed by atoms with Crippen LogP contribution in [0.15, 0.2) is 72.9 Å². The number of hydrogen-bond donors (Lipinski definition) is 2. The Morgan fingerprint density at radius 2 is 1.90 bits per heavy atom. The number of anilines is 2. The maximum atomic E-state index is 14.0. The summed E-state index contributed by atoms with van der Waals surface area (Å²) in [7, 11) is 0. The van der Waals surface area contributed by atoms with Gasteiger partial charge in [0.15, 0.2) is 0 Å². The summed E-state index contributed by atoms with van der Waals surface area (Å²) in [5, 5.41) is 4.72. The second-order valence-electron chi connectivity index (χ2n) is 10.9. The molecule has 6 nitrogen and oxygen atoms in total. The minimum absolute atomic E-state index is 0.0369. The summed E-state index contributed by atoms with van der Waals surface area (Å²) >= 11 is 0. The Bertz CT molecular complexity index is 1510. The van der Waals surface area contributed by atoms with Gasteiger partial charge in [-0.25, -0.2) is 0 Å². The Hall–Kier alpha value is -4.06. The molecule has 6 heteroatoms. The lowest BCUT2D eigenvalue weighted by Gasteiger charge is -2.23. The number of nitrogens with zero attached hydrogens (tertiary/aromatic N) is 2. The number of unbranched alkanes of at least 4 members (excludes halogenated alkanes) is 1. The van der Waals surface area contributed by atoms with Crippen LogP contribution < -0.4 is 10.2 Å². The van der Waals surface area contributed by atoms with Gasteiger partial charge in [0.1, 0.15) is 0 Å². The standard InChI is InChI=1S/C33H36N4O2/c1-23-16-20-37(31-9-3-2-8-30(31)35-23)33(39)27-11-13-28(25-12-14-29-26(21-25)15-17-34-29)24(22-27)7-4-5-18-36-19-6-10-32(36)38/h2-3,8-9,11-15,17,21-23,34-35H,4-7,10,16,18-20H2,1H3. The van der Waals surface area contributed by atoms with Gasteiger partial charge in [-0.2, -0.15) is 0 Å². The zero-order valence-electron chi connectivity index (χ0n) is 22.6. The first-order valence-electron chi connectivity index (χ1n) is 14.2. The van der Waals surface area contributed by atoms with E-state index in [1.165, 1.54) is 16.5 Å². The first kappa shape index (κ1) is 25.2. The first-order chi connectivity index (χ1) is 19.1. The van der Waals surface area contributed by atoms with Gasteiger partial charge in [-0.05, 0) is 104 Å². The maximum Gasteiger partial charge on any atom is 0.258 e.